The molecule has 0 saturated carbocycles. The van der Waals surface area contributed by atoms with E-state index >= 15 is 0 Å². The Labute approximate surface area is 160 Å². The molecule has 142 valence electrons. The Morgan fingerprint density at radius 1 is 1.29 bits per heavy atom. The molecule has 0 atom stereocenters. The Morgan fingerprint density at radius 2 is 2.11 bits per heavy atom. The van der Waals surface area contributed by atoms with Gasteiger partial charge in [0.1, 0.15) is 11.4 Å². The maximum atomic E-state index is 12.2. The van der Waals surface area contributed by atoms with E-state index in [4.69, 9.17) is 4.74 Å². The topological polar surface area (TPSA) is 123 Å². The molecule has 0 spiro atoms. The van der Waals surface area contributed by atoms with Gasteiger partial charge in [0.2, 0.25) is 0 Å². The lowest BCUT2D eigenvalue weighted by Crippen LogP contribution is -2.18. The van der Waals surface area contributed by atoms with E-state index in [1.807, 2.05) is 31.2 Å². The quantitative estimate of drug-likeness (QED) is 0.371. The Hall–Kier alpha value is -4.01. The first kappa shape index (κ1) is 18.8. The monoisotopic (exact) mass is 379 g/mol. The zero-order chi connectivity index (χ0) is 19.9. The van der Waals surface area contributed by atoms with Crippen molar-refractivity contribution in [2.24, 2.45) is 5.10 Å². The molecular weight excluding hydrogens is 362 g/mol. The number of rotatable bonds is 7. The summed E-state index contributed by atoms with van der Waals surface area (Å²) in [5.74, 6) is 0.233. The van der Waals surface area contributed by atoms with Crippen LogP contribution < -0.4 is 10.2 Å². The summed E-state index contributed by atoms with van der Waals surface area (Å²) >= 11 is 0. The molecule has 2 N–H and O–H groups in total. The highest BCUT2D eigenvalue weighted by Gasteiger charge is 2.11. The molecule has 0 fully saturated rings. The second kappa shape index (κ2) is 8.58. The smallest absolute Gasteiger partial charge is 0.289 e. The summed E-state index contributed by atoms with van der Waals surface area (Å²) in [6, 6.07) is 14.9. The lowest BCUT2D eigenvalue weighted by atomic mass is 10.1. The number of benzene rings is 2. The second-order valence-corrected chi connectivity index (χ2v) is 5.68. The molecule has 28 heavy (non-hydrogen) atoms. The molecule has 0 aliphatic heterocycles. The van der Waals surface area contributed by atoms with Gasteiger partial charge >= 0.3 is 0 Å². The van der Waals surface area contributed by atoms with Crippen LogP contribution in [-0.2, 0) is 0 Å². The van der Waals surface area contributed by atoms with Gasteiger partial charge in [-0.2, -0.15) is 10.2 Å². The Morgan fingerprint density at radius 3 is 2.89 bits per heavy atom. The van der Waals surface area contributed by atoms with Crippen LogP contribution >= 0.6 is 0 Å². The van der Waals surface area contributed by atoms with Gasteiger partial charge in [-0.15, -0.1) is 0 Å². The Balaban J connectivity index is 1.67. The van der Waals surface area contributed by atoms with Gasteiger partial charge in [-0.05, 0) is 25.1 Å². The second-order valence-electron chi connectivity index (χ2n) is 5.68. The average molecular weight is 379 g/mol. The molecule has 3 rings (SSSR count). The first-order chi connectivity index (χ1) is 13.6. The maximum Gasteiger partial charge on any atom is 0.289 e. The number of nitro groups is 1. The van der Waals surface area contributed by atoms with Crippen molar-refractivity contribution >= 4 is 17.8 Å². The molecule has 1 amide bonds. The van der Waals surface area contributed by atoms with Crippen LogP contribution in [0.25, 0.3) is 11.3 Å². The summed E-state index contributed by atoms with van der Waals surface area (Å²) in [6.45, 7) is 2.46. The summed E-state index contributed by atoms with van der Waals surface area (Å²) in [5.41, 5.74) is 4.43. The molecule has 0 saturated heterocycles. The highest BCUT2D eigenvalue weighted by Crippen LogP contribution is 2.22. The molecule has 0 unspecified atom stereocenters. The number of ether oxygens (including phenoxy) is 1. The molecule has 0 radical (unpaired) electrons. The van der Waals surface area contributed by atoms with E-state index < -0.39 is 10.8 Å². The number of non-ortho nitro benzene ring substituents is 1. The highest BCUT2D eigenvalue weighted by molar-refractivity contribution is 5.94. The van der Waals surface area contributed by atoms with Gasteiger partial charge in [0.15, 0.2) is 0 Å². The van der Waals surface area contributed by atoms with Crippen LogP contribution in [0.4, 0.5) is 5.69 Å². The van der Waals surface area contributed by atoms with E-state index in [9.17, 15) is 14.9 Å². The number of aromatic amines is 1. The fraction of sp³-hybridized carbons (Fsp3) is 0.105. The van der Waals surface area contributed by atoms with Crippen molar-refractivity contribution in [2.45, 2.75) is 6.92 Å². The maximum absolute atomic E-state index is 12.2. The minimum atomic E-state index is -0.497. The van der Waals surface area contributed by atoms with Crippen molar-refractivity contribution in [1.29, 1.82) is 0 Å². The Kier molecular flexibility index (Phi) is 5.75. The van der Waals surface area contributed by atoms with Gasteiger partial charge in [-0.3, -0.25) is 20.0 Å². The van der Waals surface area contributed by atoms with Crippen LogP contribution in [0, 0.1) is 10.1 Å². The highest BCUT2D eigenvalue weighted by atomic mass is 16.6. The van der Waals surface area contributed by atoms with Crippen molar-refractivity contribution in [2.75, 3.05) is 6.61 Å². The molecule has 0 bridgehead atoms. The van der Waals surface area contributed by atoms with Gasteiger partial charge in [-0.25, -0.2) is 5.43 Å². The van der Waals surface area contributed by atoms with Crippen LogP contribution in [0.3, 0.4) is 0 Å². The third kappa shape index (κ3) is 4.58. The third-order valence-corrected chi connectivity index (χ3v) is 3.72. The van der Waals surface area contributed by atoms with Crippen molar-refractivity contribution in [3.8, 4) is 17.0 Å². The third-order valence-electron chi connectivity index (χ3n) is 3.72. The van der Waals surface area contributed by atoms with Gasteiger partial charge in [0.05, 0.1) is 23.4 Å². The first-order valence-corrected chi connectivity index (χ1v) is 8.43. The fourth-order valence-corrected chi connectivity index (χ4v) is 2.44. The number of amides is 1. The van der Waals surface area contributed by atoms with E-state index in [1.54, 1.807) is 18.2 Å². The minimum Gasteiger partial charge on any atom is -0.494 e. The predicted octanol–water partition coefficient (Wildman–Crippen LogP) is 3.15. The molecular formula is C19H17N5O4. The zero-order valence-electron chi connectivity index (χ0n) is 15.0. The zero-order valence-corrected chi connectivity index (χ0v) is 15.0. The van der Waals surface area contributed by atoms with Crippen LogP contribution in [-0.4, -0.2) is 33.8 Å². The SMILES string of the molecule is CCOc1cccc(-c2cc(C(=O)NN=Cc3cccc([N+](=O)[O-])c3)[nH]n2)c1. The average Bonchev–Trinajstić information content (AvgIpc) is 3.19. The number of hydrazone groups is 1. The number of H-pyrrole nitrogens is 1. The van der Waals surface area contributed by atoms with Crippen LogP contribution in [0.1, 0.15) is 23.0 Å². The molecule has 9 heteroatoms. The molecule has 1 heterocycles. The number of aromatic nitrogens is 2. The number of carbonyl (C=O) groups excluding carboxylic acids is 1. The summed E-state index contributed by atoms with van der Waals surface area (Å²) in [6.07, 6.45) is 1.33. The first-order valence-electron chi connectivity index (χ1n) is 8.43. The number of nitro benzene ring substituents is 1. The number of hydrogen-bond donors (Lipinski definition) is 2. The van der Waals surface area contributed by atoms with E-state index in [0.29, 0.717) is 17.9 Å². The van der Waals surface area contributed by atoms with Gasteiger partial charge in [-0.1, -0.05) is 24.3 Å². The summed E-state index contributed by atoms with van der Waals surface area (Å²) in [4.78, 5) is 22.5. The van der Waals surface area contributed by atoms with Crippen molar-refractivity contribution in [3.05, 3.63) is 76.0 Å². The molecule has 0 aliphatic rings. The summed E-state index contributed by atoms with van der Waals surface area (Å²) in [7, 11) is 0. The van der Waals surface area contributed by atoms with Crippen LogP contribution in [0.5, 0.6) is 5.75 Å². The van der Waals surface area contributed by atoms with E-state index in [2.05, 4.69) is 20.7 Å². The molecule has 2 aromatic carbocycles. The van der Waals surface area contributed by atoms with Crippen molar-refractivity contribution in [3.63, 3.8) is 0 Å². The molecule has 0 aliphatic carbocycles. The summed E-state index contributed by atoms with van der Waals surface area (Å²) in [5, 5.41) is 21.4. The fourth-order valence-electron chi connectivity index (χ4n) is 2.44. The van der Waals surface area contributed by atoms with Crippen LogP contribution in [0.15, 0.2) is 59.7 Å². The van der Waals surface area contributed by atoms with Crippen molar-refractivity contribution < 1.29 is 14.5 Å². The standard InChI is InChI=1S/C19H17N5O4/c1-2-28-16-8-4-6-14(10-16)17-11-18(22-21-17)19(25)23-20-12-13-5-3-7-15(9-13)24(26)27/h3-12H,2H2,1H3,(H,21,22)(H,23,25). The van der Waals surface area contributed by atoms with Crippen LogP contribution in [0.2, 0.25) is 0 Å². The minimum absolute atomic E-state index is 0.0530. The van der Waals surface area contributed by atoms with Gasteiger partial charge in [0.25, 0.3) is 11.6 Å². The predicted molar refractivity (Wildman–Crippen MR) is 103 cm³/mol. The largest absolute Gasteiger partial charge is 0.494 e. The van der Waals surface area contributed by atoms with E-state index in [-0.39, 0.29) is 11.4 Å². The number of nitrogens with zero attached hydrogens (tertiary/aromatic N) is 3. The molecule has 3 aromatic rings. The van der Waals surface area contributed by atoms with Gasteiger partial charge < -0.3 is 4.74 Å². The van der Waals surface area contributed by atoms with E-state index in [0.717, 1.165) is 11.3 Å². The van der Waals surface area contributed by atoms with Crippen molar-refractivity contribution in [1.82, 2.24) is 15.6 Å². The van der Waals surface area contributed by atoms with Gasteiger partial charge in [0, 0.05) is 23.3 Å². The Bertz CT molecular complexity index is 1030. The number of nitrogens with one attached hydrogen (secondary N) is 2. The lowest BCUT2D eigenvalue weighted by Gasteiger charge is -2.03. The summed E-state index contributed by atoms with van der Waals surface area (Å²) < 4.78 is 5.46. The molecule has 1 aromatic heterocycles. The lowest BCUT2D eigenvalue weighted by molar-refractivity contribution is -0.384. The molecule has 9 nitrogen and oxygen atoms in total. The number of carbonyl (C=O) groups is 1. The number of hydrogen-bond acceptors (Lipinski definition) is 6. The normalized spacial score (nSPS) is 10.8. The van der Waals surface area contributed by atoms with E-state index in [1.165, 1.54) is 18.3 Å².